The molecule has 1 heterocycles. The summed E-state index contributed by atoms with van der Waals surface area (Å²) in [5, 5.41) is 2.85. The molecule has 25 heavy (non-hydrogen) atoms. The van der Waals surface area contributed by atoms with E-state index in [0.29, 0.717) is 5.75 Å². The van der Waals surface area contributed by atoms with Gasteiger partial charge in [-0.2, -0.15) is 0 Å². The summed E-state index contributed by atoms with van der Waals surface area (Å²) in [6.45, 7) is 5.76. The first kappa shape index (κ1) is 17.5. The number of hydrogen-bond acceptors (Lipinski definition) is 3. The zero-order chi connectivity index (χ0) is 18.0. The maximum atomic E-state index is 12.4. The van der Waals surface area contributed by atoms with E-state index in [2.05, 4.69) is 5.32 Å². The molecule has 1 atom stereocenters. The van der Waals surface area contributed by atoms with Gasteiger partial charge in [-0.3, -0.25) is 14.5 Å². The number of carbonyl (C=O) groups is 2. The second-order valence-electron chi connectivity index (χ2n) is 6.53. The number of anilines is 2. The van der Waals surface area contributed by atoms with Crippen molar-refractivity contribution in [3.63, 3.8) is 0 Å². The molecular weight excluding hydrogens is 332 g/mol. The van der Waals surface area contributed by atoms with Crippen LogP contribution in [0, 0.1) is 12.8 Å². The number of amides is 2. The lowest BCUT2D eigenvalue weighted by molar-refractivity contribution is -0.119. The van der Waals surface area contributed by atoms with Crippen molar-refractivity contribution in [2.45, 2.75) is 26.1 Å². The fourth-order valence-electron chi connectivity index (χ4n) is 2.71. The molecule has 5 heteroatoms. The van der Waals surface area contributed by atoms with E-state index in [9.17, 15) is 9.59 Å². The third-order valence-corrected chi connectivity index (χ3v) is 5.36. The van der Waals surface area contributed by atoms with Gasteiger partial charge in [0.05, 0.1) is 5.75 Å². The van der Waals surface area contributed by atoms with Crippen LogP contribution in [0.3, 0.4) is 0 Å². The van der Waals surface area contributed by atoms with Gasteiger partial charge in [-0.05, 0) is 36.8 Å². The van der Waals surface area contributed by atoms with Crippen molar-refractivity contribution in [1.82, 2.24) is 0 Å². The normalized spacial score (nSPS) is 17.2. The summed E-state index contributed by atoms with van der Waals surface area (Å²) in [4.78, 5) is 26.2. The second-order valence-corrected chi connectivity index (χ2v) is 7.60. The van der Waals surface area contributed by atoms with Gasteiger partial charge in [0.1, 0.15) is 5.37 Å². The van der Waals surface area contributed by atoms with Crippen LogP contribution in [-0.4, -0.2) is 17.6 Å². The monoisotopic (exact) mass is 354 g/mol. The highest BCUT2D eigenvalue weighted by Gasteiger charge is 2.34. The molecule has 2 aromatic rings. The van der Waals surface area contributed by atoms with E-state index in [1.165, 1.54) is 0 Å². The van der Waals surface area contributed by atoms with Crippen LogP contribution in [0.15, 0.2) is 48.5 Å². The highest BCUT2D eigenvalue weighted by Crippen LogP contribution is 2.42. The fraction of sp³-hybridized carbons (Fsp3) is 0.300. The van der Waals surface area contributed by atoms with E-state index in [4.69, 9.17) is 0 Å². The molecule has 4 nitrogen and oxygen atoms in total. The van der Waals surface area contributed by atoms with Gasteiger partial charge < -0.3 is 5.32 Å². The zero-order valence-corrected chi connectivity index (χ0v) is 15.5. The molecule has 0 spiro atoms. The van der Waals surface area contributed by atoms with E-state index in [-0.39, 0.29) is 23.1 Å². The van der Waals surface area contributed by atoms with Gasteiger partial charge in [0, 0.05) is 17.3 Å². The molecule has 2 aromatic carbocycles. The molecule has 1 aliphatic heterocycles. The van der Waals surface area contributed by atoms with Gasteiger partial charge >= 0.3 is 0 Å². The molecule has 2 amide bonds. The van der Waals surface area contributed by atoms with Gasteiger partial charge in [-0.15, -0.1) is 11.8 Å². The molecular formula is C20H22N2O2S. The van der Waals surface area contributed by atoms with E-state index in [1.54, 1.807) is 11.8 Å². The van der Waals surface area contributed by atoms with Gasteiger partial charge in [0.2, 0.25) is 11.8 Å². The summed E-state index contributed by atoms with van der Waals surface area (Å²) >= 11 is 1.61. The molecule has 0 aromatic heterocycles. The number of carbonyl (C=O) groups excluding carboxylic acids is 2. The summed E-state index contributed by atoms with van der Waals surface area (Å²) in [7, 11) is 0. The van der Waals surface area contributed by atoms with Crippen molar-refractivity contribution in [2.24, 2.45) is 5.92 Å². The summed E-state index contributed by atoms with van der Waals surface area (Å²) in [5.74, 6) is 0.481. The van der Waals surface area contributed by atoms with Crippen LogP contribution in [0.5, 0.6) is 0 Å². The van der Waals surface area contributed by atoms with E-state index >= 15 is 0 Å². The first-order valence-electron chi connectivity index (χ1n) is 8.37. The van der Waals surface area contributed by atoms with Crippen LogP contribution in [-0.2, 0) is 9.59 Å². The highest BCUT2D eigenvalue weighted by molar-refractivity contribution is 8.00. The predicted octanol–water partition coefficient (Wildman–Crippen LogP) is 4.37. The molecule has 1 N–H and O–H groups in total. The van der Waals surface area contributed by atoms with Crippen molar-refractivity contribution in [3.8, 4) is 0 Å². The number of benzene rings is 2. The molecule has 3 rings (SSSR count). The minimum Gasteiger partial charge on any atom is -0.326 e. The van der Waals surface area contributed by atoms with Gasteiger partial charge in [-0.25, -0.2) is 0 Å². The molecule has 0 saturated carbocycles. The minimum atomic E-state index is -0.0777. The molecule has 0 radical (unpaired) electrons. The number of hydrogen-bond donors (Lipinski definition) is 1. The Morgan fingerprint density at radius 1 is 1.20 bits per heavy atom. The quantitative estimate of drug-likeness (QED) is 0.887. The Balaban J connectivity index is 1.88. The van der Waals surface area contributed by atoms with Crippen LogP contribution in [0.25, 0.3) is 0 Å². The Kier molecular flexibility index (Phi) is 5.13. The molecule has 1 fully saturated rings. The van der Waals surface area contributed by atoms with Gasteiger partial charge in [-0.1, -0.05) is 43.7 Å². The van der Waals surface area contributed by atoms with Crippen LogP contribution >= 0.6 is 11.8 Å². The van der Waals surface area contributed by atoms with E-state index < -0.39 is 0 Å². The predicted molar refractivity (Wildman–Crippen MR) is 104 cm³/mol. The van der Waals surface area contributed by atoms with Gasteiger partial charge in [0.15, 0.2) is 0 Å². The van der Waals surface area contributed by atoms with Crippen molar-refractivity contribution >= 4 is 35.0 Å². The lowest BCUT2D eigenvalue weighted by atomic mass is 10.1. The maximum Gasteiger partial charge on any atom is 0.238 e. The number of nitrogens with zero attached hydrogens (tertiary/aromatic N) is 1. The molecule has 1 aliphatic rings. The Morgan fingerprint density at radius 3 is 2.60 bits per heavy atom. The molecule has 0 aliphatic carbocycles. The number of aryl methyl sites for hydroxylation is 1. The Bertz CT molecular complexity index is 787. The third kappa shape index (κ3) is 3.87. The van der Waals surface area contributed by atoms with Crippen LogP contribution in [0.1, 0.15) is 30.3 Å². The van der Waals surface area contributed by atoms with Gasteiger partial charge in [0.25, 0.3) is 0 Å². The lowest BCUT2D eigenvalue weighted by Crippen LogP contribution is -2.27. The summed E-state index contributed by atoms with van der Waals surface area (Å²) in [5.41, 5.74) is 3.85. The Labute approximate surface area is 152 Å². The maximum absolute atomic E-state index is 12.4. The van der Waals surface area contributed by atoms with Crippen LogP contribution in [0.4, 0.5) is 11.4 Å². The topological polar surface area (TPSA) is 49.4 Å². The Morgan fingerprint density at radius 2 is 1.92 bits per heavy atom. The largest absolute Gasteiger partial charge is 0.326 e. The molecule has 130 valence electrons. The fourth-order valence-corrected chi connectivity index (χ4v) is 3.88. The molecule has 1 saturated heterocycles. The van der Waals surface area contributed by atoms with E-state index in [0.717, 1.165) is 22.5 Å². The summed E-state index contributed by atoms with van der Waals surface area (Å²) in [6, 6.07) is 15.8. The SMILES string of the molecule is Cc1ccc(N2C(=O)CSC2c2cccc(NC(=O)C(C)C)c2)cc1. The average Bonchev–Trinajstić information content (AvgIpc) is 2.97. The Hall–Kier alpha value is -2.27. The van der Waals surface area contributed by atoms with Crippen molar-refractivity contribution in [1.29, 1.82) is 0 Å². The van der Waals surface area contributed by atoms with Crippen molar-refractivity contribution in [2.75, 3.05) is 16.0 Å². The number of nitrogens with one attached hydrogen (secondary N) is 1. The first-order valence-corrected chi connectivity index (χ1v) is 9.42. The summed E-state index contributed by atoms with van der Waals surface area (Å²) < 4.78 is 0. The number of rotatable bonds is 4. The summed E-state index contributed by atoms with van der Waals surface area (Å²) in [6.07, 6.45) is 0. The van der Waals surface area contributed by atoms with E-state index in [1.807, 2.05) is 74.2 Å². The lowest BCUT2D eigenvalue weighted by Gasteiger charge is -2.25. The standard InChI is InChI=1S/C20H22N2O2S/c1-13(2)19(24)21-16-6-4-5-15(11-16)20-22(18(23)12-25-20)17-9-7-14(3)8-10-17/h4-11,13,20H,12H2,1-3H3,(H,21,24). The van der Waals surface area contributed by atoms with Crippen LogP contribution < -0.4 is 10.2 Å². The number of thioether (sulfide) groups is 1. The molecule has 0 bridgehead atoms. The molecule has 1 unspecified atom stereocenters. The average molecular weight is 354 g/mol. The highest BCUT2D eigenvalue weighted by atomic mass is 32.2. The smallest absolute Gasteiger partial charge is 0.238 e. The first-order chi connectivity index (χ1) is 12.0. The van der Waals surface area contributed by atoms with Crippen LogP contribution in [0.2, 0.25) is 0 Å². The second kappa shape index (κ2) is 7.31. The minimum absolute atomic E-state index is 0.0114. The zero-order valence-electron chi connectivity index (χ0n) is 14.7. The van der Waals surface area contributed by atoms with Crippen molar-refractivity contribution < 1.29 is 9.59 Å². The third-order valence-electron chi connectivity index (χ3n) is 4.14. The van der Waals surface area contributed by atoms with Crippen molar-refractivity contribution in [3.05, 3.63) is 59.7 Å².